The van der Waals surface area contributed by atoms with E-state index < -0.39 is 28.5 Å². The van der Waals surface area contributed by atoms with Crippen LogP contribution in [0.1, 0.15) is 50.2 Å². The van der Waals surface area contributed by atoms with Gasteiger partial charge >= 0.3 is 0 Å². The second kappa shape index (κ2) is 14.1. The summed E-state index contributed by atoms with van der Waals surface area (Å²) >= 11 is 19.0. The van der Waals surface area contributed by atoms with Crippen LogP contribution in [-0.2, 0) is 26.2 Å². The van der Waals surface area contributed by atoms with Crippen LogP contribution < -0.4 is 9.62 Å². The van der Waals surface area contributed by atoms with Crippen LogP contribution in [0, 0.1) is 6.92 Å². The highest BCUT2D eigenvalue weighted by Crippen LogP contribution is 2.31. The van der Waals surface area contributed by atoms with Gasteiger partial charge < -0.3 is 10.2 Å². The first-order chi connectivity index (χ1) is 20.0. The van der Waals surface area contributed by atoms with Crippen molar-refractivity contribution in [3.05, 3.63) is 92.9 Å². The van der Waals surface area contributed by atoms with Crippen molar-refractivity contribution < 1.29 is 18.0 Å². The molecule has 0 unspecified atom stereocenters. The number of carbonyl (C=O) groups excluding carboxylic acids is 2. The number of rotatable bonds is 10. The normalized spacial score (nSPS) is 14.7. The summed E-state index contributed by atoms with van der Waals surface area (Å²) in [5.74, 6) is -0.908. The minimum absolute atomic E-state index is 0.0104. The van der Waals surface area contributed by atoms with E-state index in [-0.39, 0.29) is 34.1 Å². The number of nitrogens with zero attached hydrogens (tertiary/aromatic N) is 2. The van der Waals surface area contributed by atoms with E-state index in [9.17, 15) is 18.0 Å². The summed E-state index contributed by atoms with van der Waals surface area (Å²) in [6, 6.07) is 16.8. The standard InChI is InChI=1S/C31H34Cl3N3O4S/c1-21-12-16-26(17-13-21)42(40,41)37(29-11-7-6-10-27(29)33)20-30(38)36(19-23-14-15-24(32)18-28(23)34)22(2)31(39)35-25-8-4-3-5-9-25/h6-7,10-18,22,25H,3-5,8-9,19-20H2,1-2H3,(H,35,39)/t22-/m1/s1. The largest absolute Gasteiger partial charge is 0.352 e. The molecule has 0 heterocycles. The first-order valence-corrected chi connectivity index (χ1v) is 16.4. The van der Waals surface area contributed by atoms with Gasteiger partial charge in [0.15, 0.2) is 0 Å². The number of amides is 2. The first-order valence-electron chi connectivity index (χ1n) is 13.8. The average Bonchev–Trinajstić information content (AvgIpc) is 2.96. The third-order valence-electron chi connectivity index (χ3n) is 7.48. The van der Waals surface area contributed by atoms with Gasteiger partial charge in [-0.15, -0.1) is 0 Å². The molecule has 4 rings (SSSR count). The number of aryl methyl sites for hydroxylation is 1. The van der Waals surface area contributed by atoms with E-state index in [0.29, 0.717) is 15.6 Å². The molecule has 0 radical (unpaired) electrons. The summed E-state index contributed by atoms with van der Waals surface area (Å²) in [4.78, 5) is 28.9. The summed E-state index contributed by atoms with van der Waals surface area (Å²) < 4.78 is 28.9. The van der Waals surface area contributed by atoms with Gasteiger partial charge in [-0.25, -0.2) is 8.42 Å². The molecule has 3 aromatic carbocycles. The van der Waals surface area contributed by atoms with Gasteiger partial charge in [-0.2, -0.15) is 0 Å². The highest BCUT2D eigenvalue weighted by atomic mass is 35.5. The number of halogens is 3. The van der Waals surface area contributed by atoms with E-state index in [0.717, 1.165) is 42.0 Å². The minimum atomic E-state index is -4.22. The summed E-state index contributed by atoms with van der Waals surface area (Å²) in [6.07, 6.45) is 4.96. The molecule has 1 saturated carbocycles. The molecule has 7 nitrogen and oxygen atoms in total. The van der Waals surface area contributed by atoms with Crippen molar-refractivity contribution >= 4 is 62.3 Å². The van der Waals surface area contributed by atoms with Crippen molar-refractivity contribution in [3.63, 3.8) is 0 Å². The Morgan fingerprint density at radius 1 is 0.929 bits per heavy atom. The van der Waals surface area contributed by atoms with Crippen LogP contribution in [0.4, 0.5) is 5.69 Å². The summed E-state index contributed by atoms with van der Waals surface area (Å²) in [5.41, 5.74) is 1.60. The molecule has 1 N–H and O–H groups in total. The molecule has 1 aliphatic rings. The maximum atomic E-state index is 14.1. The predicted octanol–water partition coefficient (Wildman–Crippen LogP) is 7.02. The third-order valence-corrected chi connectivity index (χ3v) is 10.2. The lowest BCUT2D eigenvalue weighted by Crippen LogP contribution is -2.53. The quantitative estimate of drug-likeness (QED) is 0.256. The molecule has 0 aliphatic heterocycles. The number of hydrogen-bond acceptors (Lipinski definition) is 4. The fourth-order valence-corrected chi connectivity index (χ4v) is 7.18. The first kappa shape index (κ1) is 32.1. The number of anilines is 1. The van der Waals surface area contributed by atoms with Crippen LogP contribution in [0.2, 0.25) is 15.1 Å². The van der Waals surface area contributed by atoms with Gasteiger partial charge in [0.2, 0.25) is 11.8 Å². The van der Waals surface area contributed by atoms with Crippen molar-refractivity contribution in [2.45, 2.75) is 69.5 Å². The summed E-state index contributed by atoms with van der Waals surface area (Å²) in [5, 5.41) is 4.00. The predicted molar refractivity (Wildman–Crippen MR) is 169 cm³/mol. The number of carbonyl (C=O) groups is 2. The average molecular weight is 651 g/mol. The molecule has 0 bridgehead atoms. The topological polar surface area (TPSA) is 86.8 Å². The minimum Gasteiger partial charge on any atom is -0.352 e. The fraction of sp³-hybridized carbons (Fsp3) is 0.355. The summed E-state index contributed by atoms with van der Waals surface area (Å²) in [7, 11) is -4.22. The van der Waals surface area contributed by atoms with E-state index in [4.69, 9.17) is 34.8 Å². The number of hydrogen-bond donors (Lipinski definition) is 1. The van der Waals surface area contributed by atoms with Crippen LogP contribution in [0.5, 0.6) is 0 Å². The molecule has 1 aliphatic carbocycles. The van der Waals surface area contributed by atoms with Gasteiger partial charge in [-0.1, -0.05) is 90.0 Å². The number of sulfonamides is 1. The smallest absolute Gasteiger partial charge is 0.264 e. The Hall–Kier alpha value is -2.78. The zero-order valence-electron chi connectivity index (χ0n) is 23.5. The van der Waals surface area contributed by atoms with E-state index in [1.165, 1.54) is 17.0 Å². The number of benzene rings is 3. The zero-order chi connectivity index (χ0) is 30.4. The van der Waals surface area contributed by atoms with Crippen molar-refractivity contribution in [2.24, 2.45) is 0 Å². The summed E-state index contributed by atoms with van der Waals surface area (Å²) in [6.45, 7) is 2.86. The lowest BCUT2D eigenvalue weighted by atomic mass is 9.95. The number of nitrogens with one attached hydrogen (secondary N) is 1. The van der Waals surface area contributed by atoms with Crippen LogP contribution >= 0.6 is 34.8 Å². The van der Waals surface area contributed by atoms with Crippen molar-refractivity contribution in [3.8, 4) is 0 Å². The lowest BCUT2D eigenvalue weighted by Gasteiger charge is -2.33. The van der Waals surface area contributed by atoms with Gasteiger partial charge in [0.1, 0.15) is 12.6 Å². The highest BCUT2D eigenvalue weighted by molar-refractivity contribution is 7.92. The zero-order valence-corrected chi connectivity index (χ0v) is 26.6. The Bertz CT molecular complexity index is 1530. The Kier molecular flexibility index (Phi) is 10.8. The molecule has 0 spiro atoms. The van der Waals surface area contributed by atoms with Crippen molar-refractivity contribution in [2.75, 3.05) is 10.8 Å². The van der Waals surface area contributed by atoms with E-state index >= 15 is 0 Å². The van der Waals surface area contributed by atoms with Crippen LogP contribution in [0.15, 0.2) is 71.6 Å². The Morgan fingerprint density at radius 3 is 2.24 bits per heavy atom. The van der Waals surface area contributed by atoms with Gasteiger partial charge in [-0.3, -0.25) is 13.9 Å². The number of para-hydroxylation sites is 1. The van der Waals surface area contributed by atoms with Crippen LogP contribution in [0.3, 0.4) is 0 Å². The van der Waals surface area contributed by atoms with E-state index in [2.05, 4.69) is 5.32 Å². The molecule has 42 heavy (non-hydrogen) atoms. The van der Waals surface area contributed by atoms with Gasteiger partial charge in [0.05, 0.1) is 15.6 Å². The molecule has 1 fully saturated rings. The van der Waals surface area contributed by atoms with E-state index in [1.54, 1.807) is 61.5 Å². The molecule has 11 heteroatoms. The van der Waals surface area contributed by atoms with Gasteiger partial charge in [-0.05, 0) is 68.7 Å². The fourth-order valence-electron chi connectivity index (χ4n) is 4.99. The maximum Gasteiger partial charge on any atom is 0.264 e. The molecular weight excluding hydrogens is 617 g/mol. The molecule has 3 aromatic rings. The molecule has 0 aromatic heterocycles. The van der Waals surface area contributed by atoms with Gasteiger partial charge in [0, 0.05) is 22.6 Å². The Labute approximate surface area is 262 Å². The van der Waals surface area contributed by atoms with Crippen LogP contribution in [0.25, 0.3) is 0 Å². The molecular formula is C31H34Cl3N3O4S. The second-order valence-electron chi connectivity index (χ2n) is 10.6. The molecule has 224 valence electrons. The molecule has 0 saturated heterocycles. The Balaban J connectivity index is 1.70. The molecule has 1 atom stereocenters. The van der Waals surface area contributed by atoms with E-state index in [1.807, 2.05) is 6.92 Å². The second-order valence-corrected chi connectivity index (χ2v) is 13.7. The van der Waals surface area contributed by atoms with Gasteiger partial charge in [0.25, 0.3) is 10.0 Å². The SMILES string of the molecule is Cc1ccc(S(=O)(=O)N(CC(=O)N(Cc2ccc(Cl)cc2Cl)[C@H](C)C(=O)NC2CCCCC2)c2ccccc2Cl)cc1. The maximum absolute atomic E-state index is 14.1. The molecule has 2 amide bonds. The van der Waals surface area contributed by atoms with Crippen LogP contribution in [-0.4, -0.2) is 43.8 Å². The van der Waals surface area contributed by atoms with Crippen molar-refractivity contribution in [1.82, 2.24) is 10.2 Å². The monoisotopic (exact) mass is 649 g/mol. The van der Waals surface area contributed by atoms with Crippen molar-refractivity contribution in [1.29, 1.82) is 0 Å². The highest BCUT2D eigenvalue weighted by Gasteiger charge is 2.34. The Morgan fingerprint density at radius 2 is 1.60 bits per heavy atom. The lowest BCUT2D eigenvalue weighted by molar-refractivity contribution is -0.139. The third kappa shape index (κ3) is 7.78.